The summed E-state index contributed by atoms with van der Waals surface area (Å²) in [6, 6.07) is 0.242. The van der Waals surface area contributed by atoms with Crippen LogP contribution in [0, 0.1) is 17.3 Å². The number of nitrogens with zero attached hydrogens (tertiary/aromatic N) is 3. The van der Waals surface area contributed by atoms with Crippen LogP contribution < -0.4 is 0 Å². The van der Waals surface area contributed by atoms with Crippen LogP contribution in [-0.4, -0.2) is 67.9 Å². The van der Waals surface area contributed by atoms with Gasteiger partial charge in [-0.05, 0) is 82.7 Å². The fourth-order valence-electron chi connectivity index (χ4n) is 5.22. The number of hydrogen-bond donors (Lipinski definition) is 0. The molecule has 0 aromatic heterocycles. The molecule has 3 fully saturated rings. The number of esters is 1. The topological polar surface area (TPSA) is 63.5 Å². The smallest absolute Gasteiger partial charge is 0.308 e. The van der Waals surface area contributed by atoms with Gasteiger partial charge in [0.25, 0.3) is 0 Å². The third kappa shape index (κ3) is 6.85. The van der Waals surface area contributed by atoms with Gasteiger partial charge in [-0.15, -0.1) is 0 Å². The van der Waals surface area contributed by atoms with Gasteiger partial charge >= 0.3 is 5.97 Å². The number of amidine groups is 1. The molecule has 176 valence electrons. The average Bonchev–Trinajstić information content (AvgIpc) is 2.74. The summed E-state index contributed by atoms with van der Waals surface area (Å²) < 4.78 is 11.4. The predicted octanol–water partition coefficient (Wildman–Crippen LogP) is 4.51. The summed E-state index contributed by atoms with van der Waals surface area (Å²) in [5.74, 6) is 1.67. The highest BCUT2D eigenvalue weighted by molar-refractivity contribution is 5.90. The molecular weight excluding hydrogens is 390 g/mol. The zero-order valence-electron chi connectivity index (χ0n) is 20.3. The number of likely N-dealkylation sites (tertiary alicyclic amines) is 1. The number of methoxy groups -OCH3 is 1. The first-order valence-electron chi connectivity index (χ1n) is 12.3. The second-order valence-corrected chi connectivity index (χ2v) is 10.7. The Morgan fingerprint density at radius 1 is 1.03 bits per heavy atom. The molecule has 0 N–H and O–H groups in total. The molecule has 2 aliphatic carbocycles. The van der Waals surface area contributed by atoms with Crippen molar-refractivity contribution < 1.29 is 14.3 Å². The van der Waals surface area contributed by atoms with Gasteiger partial charge in [-0.3, -0.25) is 14.7 Å². The Hall–Kier alpha value is -1.27. The highest BCUT2D eigenvalue weighted by Crippen LogP contribution is 2.40. The van der Waals surface area contributed by atoms with E-state index in [4.69, 9.17) is 14.5 Å². The molecule has 3 aliphatic rings. The third-order valence-corrected chi connectivity index (χ3v) is 7.52. The first kappa shape index (κ1) is 24.4. The maximum Gasteiger partial charge on any atom is 0.308 e. The zero-order valence-corrected chi connectivity index (χ0v) is 20.3. The number of aliphatic imine (C=N–C) groups is 2. The van der Waals surface area contributed by atoms with Crippen molar-refractivity contribution in [2.45, 2.75) is 97.3 Å². The molecule has 1 unspecified atom stereocenters. The molecule has 0 bridgehead atoms. The molecule has 2 saturated carbocycles. The molecule has 0 aromatic carbocycles. The van der Waals surface area contributed by atoms with Crippen molar-refractivity contribution in [1.82, 2.24) is 4.90 Å². The van der Waals surface area contributed by atoms with Crippen LogP contribution in [0.15, 0.2) is 9.98 Å². The number of carbonyl (C=O) groups is 1. The average molecular weight is 434 g/mol. The van der Waals surface area contributed by atoms with E-state index in [0.29, 0.717) is 11.5 Å². The van der Waals surface area contributed by atoms with E-state index in [-0.39, 0.29) is 24.0 Å². The van der Waals surface area contributed by atoms with Gasteiger partial charge in [-0.2, -0.15) is 0 Å². The second kappa shape index (κ2) is 11.0. The predicted molar refractivity (Wildman–Crippen MR) is 126 cm³/mol. The summed E-state index contributed by atoms with van der Waals surface area (Å²) in [4.78, 5) is 23.7. The minimum atomic E-state index is -0.0777. The van der Waals surface area contributed by atoms with Crippen LogP contribution in [-0.2, 0) is 14.3 Å². The number of ether oxygens (including phenoxy) is 2. The van der Waals surface area contributed by atoms with E-state index in [1.54, 1.807) is 0 Å². The molecule has 3 rings (SSSR count). The molecule has 1 saturated heterocycles. The van der Waals surface area contributed by atoms with Crippen molar-refractivity contribution in [1.29, 1.82) is 0 Å². The van der Waals surface area contributed by atoms with Crippen molar-refractivity contribution in [3.05, 3.63) is 0 Å². The molecule has 6 heteroatoms. The highest BCUT2D eigenvalue weighted by atomic mass is 16.5. The molecule has 1 aliphatic heterocycles. The van der Waals surface area contributed by atoms with Crippen molar-refractivity contribution in [2.75, 3.05) is 26.7 Å². The van der Waals surface area contributed by atoms with Crippen LogP contribution in [0.4, 0.5) is 0 Å². The van der Waals surface area contributed by atoms with E-state index in [0.717, 1.165) is 57.1 Å². The van der Waals surface area contributed by atoms with Gasteiger partial charge in [0, 0.05) is 6.21 Å². The molecule has 31 heavy (non-hydrogen) atoms. The van der Waals surface area contributed by atoms with Crippen molar-refractivity contribution >= 4 is 18.0 Å². The number of piperidine rings is 1. The minimum absolute atomic E-state index is 0.0362. The standard InChI is InChI=1S/C25H43N3O3/c1-6-26-23(17-28-15-13-18(14-16-28)24(29)30-5)27-21-11-12-22(21)31-20-9-7-19(8-10-20)25(2,3)4/h6,18-22H,7-17H2,1-5H3/b26-6-,27-23-/t19-,20-,21-,22?/m0/s1. The maximum atomic E-state index is 11.8. The van der Waals surface area contributed by atoms with Gasteiger partial charge < -0.3 is 9.47 Å². The van der Waals surface area contributed by atoms with Crippen LogP contribution in [0.2, 0.25) is 0 Å². The highest BCUT2D eigenvalue weighted by Gasteiger charge is 2.37. The van der Waals surface area contributed by atoms with Gasteiger partial charge in [0.1, 0.15) is 5.84 Å². The van der Waals surface area contributed by atoms with E-state index < -0.39 is 0 Å². The molecule has 0 amide bonds. The van der Waals surface area contributed by atoms with E-state index in [1.807, 2.05) is 13.1 Å². The number of rotatable bonds is 6. The summed E-state index contributed by atoms with van der Waals surface area (Å²) in [7, 11) is 1.47. The monoisotopic (exact) mass is 433 g/mol. The summed E-state index contributed by atoms with van der Waals surface area (Å²) in [6.45, 7) is 11.6. The first-order valence-corrected chi connectivity index (χ1v) is 12.3. The Kier molecular flexibility index (Phi) is 8.68. The number of carbonyl (C=O) groups excluding carboxylic acids is 1. The molecule has 2 atom stereocenters. The lowest BCUT2D eigenvalue weighted by Crippen LogP contribution is -2.43. The van der Waals surface area contributed by atoms with Crippen molar-refractivity contribution in [3.8, 4) is 0 Å². The van der Waals surface area contributed by atoms with Crippen LogP contribution >= 0.6 is 0 Å². The Labute approximate surface area is 188 Å². The van der Waals surface area contributed by atoms with Crippen molar-refractivity contribution in [3.63, 3.8) is 0 Å². The number of hydrogen-bond acceptors (Lipinski definition) is 5. The second-order valence-electron chi connectivity index (χ2n) is 10.7. The first-order chi connectivity index (χ1) is 14.8. The van der Waals surface area contributed by atoms with Crippen LogP contribution in [0.1, 0.15) is 79.1 Å². The summed E-state index contributed by atoms with van der Waals surface area (Å²) in [5.41, 5.74) is 0.409. The molecular formula is C25H43N3O3. The van der Waals surface area contributed by atoms with Crippen molar-refractivity contribution in [2.24, 2.45) is 27.2 Å². The van der Waals surface area contributed by atoms with Crippen LogP contribution in [0.5, 0.6) is 0 Å². The van der Waals surface area contributed by atoms with Gasteiger partial charge in [-0.1, -0.05) is 20.8 Å². The van der Waals surface area contributed by atoms with E-state index >= 15 is 0 Å². The molecule has 6 nitrogen and oxygen atoms in total. The van der Waals surface area contributed by atoms with Crippen LogP contribution in [0.3, 0.4) is 0 Å². The third-order valence-electron chi connectivity index (χ3n) is 7.52. The Morgan fingerprint density at radius 3 is 2.23 bits per heavy atom. The summed E-state index contributed by atoms with van der Waals surface area (Å²) in [6.07, 6.45) is 11.3. The minimum Gasteiger partial charge on any atom is -0.469 e. The van der Waals surface area contributed by atoms with E-state index in [2.05, 4.69) is 30.7 Å². The molecule has 0 aromatic rings. The lowest BCUT2D eigenvalue weighted by atomic mass is 9.72. The summed E-state index contributed by atoms with van der Waals surface area (Å²) in [5, 5.41) is 0. The SMILES string of the molecule is C/C=N\C(CN1CCC(C(=O)OC)CC1)=N/[C@H]1CCC1O[C@H]1CC[C@H](C(C)(C)C)CC1. The quantitative estimate of drug-likeness (QED) is 0.351. The van der Waals surface area contributed by atoms with Crippen LogP contribution in [0.25, 0.3) is 0 Å². The largest absolute Gasteiger partial charge is 0.469 e. The van der Waals surface area contributed by atoms with Gasteiger partial charge in [0.05, 0.1) is 37.8 Å². The van der Waals surface area contributed by atoms with Gasteiger partial charge in [0.15, 0.2) is 0 Å². The van der Waals surface area contributed by atoms with Gasteiger partial charge in [-0.25, -0.2) is 4.99 Å². The fourth-order valence-corrected chi connectivity index (χ4v) is 5.22. The van der Waals surface area contributed by atoms with Gasteiger partial charge in [0.2, 0.25) is 0 Å². The lowest BCUT2D eigenvalue weighted by molar-refractivity contribution is -0.146. The normalized spacial score (nSPS) is 31.6. The Balaban J connectivity index is 1.48. The van der Waals surface area contributed by atoms with E-state index in [9.17, 15) is 4.79 Å². The fraction of sp³-hybridized carbons (Fsp3) is 0.880. The molecule has 1 heterocycles. The molecule has 0 radical (unpaired) electrons. The Morgan fingerprint density at radius 2 is 1.71 bits per heavy atom. The zero-order chi connectivity index (χ0) is 22.4. The maximum absolute atomic E-state index is 11.8. The summed E-state index contributed by atoms with van der Waals surface area (Å²) >= 11 is 0. The Bertz CT molecular complexity index is 639. The lowest BCUT2D eigenvalue weighted by Gasteiger charge is -2.41. The van der Waals surface area contributed by atoms with E-state index in [1.165, 1.54) is 32.8 Å². The molecule has 0 spiro atoms.